The molecule has 49 heavy (non-hydrogen) atoms. The van der Waals surface area contributed by atoms with Gasteiger partial charge in [0.15, 0.2) is 5.78 Å². The van der Waals surface area contributed by atoms with Crippen LogP contribution >= 0.6 is 11.8 Å². The van der Waals surface area contributed by atoms with E-state index in [0.29, 0.717) is 40.5 Å². The fraction of sp³-hybridized carbons (Fsp3) is 0.222. The van der Waals surface area contributed by atoms with E-state index in [-0.39, 0.29) is 16.9 Å². The van der Waals surface area contributed by atoms with E-state index in [9.17, 15) is 29.3 Å². The molecule has 4 rings (SSSR count). The predicted molar refractivity (Wildman–Crippen MR) is 190 cm³/mol. The minimum atomic E-state index is -0.936. The van der Waals surface area contributed by atoms with Gasteiger partial charge < -0.3 is 25.1 Å². The van der Waals surface area contributed by atoms with Crippen LogP contribution in [-0.4, -0.2) is 52.3 Å². The van der Waals surface area contributed by atoms with E-state index in [1.54, 1.807) is 81.4 Å². The van der Waals surface area contributed by atoms with Crippen LogP contribution in [0.1, 0.15) is 48.9 Å². The molecular weight excluding hydrogens is 648 g/mol. The van der Waals surface area contributed by atoms with Crippen LogP contribution in [0.2, 0.25) is 0 Å². The van der Waals surface area contributed by atoms with Crippen molar-refractivity contribution < 1.29 is 33.3 Å². The lowest BCUT2D eigenvalue weighted by Gasteiger charge is -2.23. The number of alkyl carbamates (subject to hydrolysis) is 1. The quantitative estimate of drug-likeness (QED) is 0.0565. The largest absolute Gasteiger partial charge is 0.457 e. The number of thioether (sulfide) groups is 1. The number of furan rings is 1. The van der Waals surface area contributed by atoms with Crippen molar-refractivity contribution in [3.05, 3.63) is 118 Å². The maximum atomic E-state index is 13.6. The number of non-ortho nitro benzene ring substituents is 1. The Morgan fingerprint density at radius 1 is 0.959 bits per heavy atom. The summed E-state index contributed by atoms with van der Waals surface area (Å²) in [6.07, 6.45) is 4.18. The van der Waals surface area contributed by atoms with Gasteiger partial charge in [-0.05, 0) is 87.7 Å². The molecule has 4 aromatic rings. The molecule has 3 N–H and O–H groups in total. The molecule has 1 aromatic heterocycles. The lowest BCUT2D eigenvalue weighted by Crippen LogP contribution is -2.46. The minimum absolute atomic E-state index is 0.0401. The van der Waals surface area contributed by atoms with Gasteiger partial charge in [-0.15, -0.1) is 0 Å². The molecule has 0 unspecified atom stereocenters. The van der Waals surface area contributed by atoms with Gasteiger partial charge >= 0.3 is 6.09 Å². The number of nitrogens with zero attached hydrogens (tertiary/aromatic N) is 1. The Balaban J connectivity index is 1.52. The van der Waals surface area contributed by atoms with Crippen molar-refractivity contribution in [2.24, 2.45) is 0 Å². The number of benzene rings is 3. The van der Waals surface area contributed by atoms with Crippen molar-refractivity contribution in [3.63, 3.8) is 0 Å². The third-order valence-corrected chi connectivity index (χ3v) is 7.48. The molecule has 0 spiro atoms. The van der Waals surface area contributed by atoms with E-state index in [2.05, 4.69) is 16.0 Å². The van der Waals surface area contributed by atoms with Gasteiger partial charge in [-0.3, -0.25) is 24.5 Å². The zero-order chi connectivity index (χ0) is 35.6. The number of nitro benzene ring substituents is 1. The third kappa shape index (κ3) is 10.7. The summed E-state index contributed by atoms with van der Waals surface area (Å²) < 4.78 is 11.1. The maximum absolute atomic E-state index is 13.6. The van der Waals surface area contributed by atoms with E-state index in [4.69, 9.17) is 9.15 Å². The monoisotopic (exact) mass is 684 g/mol. The molecule has 0 aliphatic rings. The zero-order valence-electron chi connectivity index (χ0n) is 27.4. The van der Waals surface area contributed by atoms with Crippen LogP contribution in [0.5, 0.6) is 0 Å². The summed E-state index contributed by atoms with van der Waals surface area (Å²) in [5, 5.41) is 19.0. The van der Waals surface area contributed by atoms with Gasteiger partial charge in [0.25, 0.3) is 5.69 Å². The molecule has 1 heterocycles. The van der Waals surface area contributed by atoms with E-state index < -0.39 is 40.3 Å². The molecule has 12 nitrogen and oxygen atoms in total. The highest BCUT2D eigenvalue weighted by atomic mass is 32.2. The van der Waals surface area contributed by atoms with Crippen LogP contribution in [0.4, 0.5) is 21.9 Å². The SMILES string of the molecule is CSCC[C@@H](NC(=O)OC(C)(C)C)C(=O)Nc1ccc(NC(=O)/C=C/c2ccc(-c3ccc([N+](=O)[O-])cc3)o2)cc1C(=O)c1ccccc1. The Morgan fingerprint density at radius 3 is 2.33 bits per heavy atom. The average molecular weight is 685 g/mol. The third-order valence-electron chi connectivity index (χ3n) is 6.83. The molecule has 0 bridgehead atoms. The summed E-state index contributed by atoms with van der Waals surface area (Å²) in [5.74, 6) is -0.0163. The fourth-order valence-corrected chi connectivity index (χ4v) is 5.00. The van der Waals surface area contributed by atoms with Gasteiger partial charge in [-0.2, -0.15) is 11.8 Å². The molecule has 0 fully saturated rings. The fourth-order valence-electron chi connectivity index (χ4n) is 4.52. The number of carbonyl (C=O) groups is 4. The second-order valence-corrected chi connectivity index (χ2v) is 12.7. The second-order valence-electron chi connectivity index (χ2n) is 11.8. The lowest BCUT2D eigenvalue weighted by molar-refractivity contribution is -0.384. The molecule has 0 radical (unpaired) electrons. The van der Waals surface area contributed by atoms with Gasteiger partial charge in [0, 0.05) is 40.6 Å². The predicted octanol–water partition coefficient (Wildman–Crippen LogP) is 7.32. The van der Waals surface area contributed by atoms with Crippen LogP contribution in [0.25, 0.3) is 17.4 Å². The van der Waals surface area contributed by atoms with Crippen molar-refractivity contribution in [1.82, 2.24) is 5.32 Å². The number of ketones is 1. The Bertz CT molecular complexity index is 1850. The van der Waals surface area contributed by atoms with Crippen LogP contribution in [0.3, 0.4) is 0 Å². The first-order chi connectivity index (χ1) is 23.3. The second kappa shape index (κ2) is 16.4. The molecule has 0 aliphatic carbocycles. The number of amides is 3. The molecule has 3 aromatic carbocycles. The molecule has 0 saturated carbocycles. The average Bonchev–Trinajstić information content (AvgIpc) is 3.55. The van der Waals surface area contributed by atoms with E-state index in [1.165, 1.54) is 48.2 Å². The number of rotatable bonds is 13. The summed E-state index contributed by atoms with van der Waals surface area (Å²) in [4.78, 5) is 62.8. The zero-order valence-corrected chi connectivity index (χ0v) is 28.2. The Labute approximate surface area is 287 Å². The number of hydrogen-bond acceptors (Lipinski definition) is 9. The summed E-state index contributed by atoms with van der Waals surface area (Å²) in [6, 6.07) is 21.3. The number of nitrogens with one attached hydrogen (secondary N) is 3. The molecule has 3 amide bonds. The maximum Gasteiger partial charge on any atom is 0.408 e. The summed E-state index contributed by atoms with van der Waals surface area (Å²) in [5.41, 5.74) is 0.821. The number of anilines is 2. The van der Waals surface area contributed by atoms with E-state index in [1.807, 2.05) is 6.26 Å². The van der Waals surface area contributed by atoms with Crippen molar-refractivity contribution in [1.29, 1.82) is 0 Å². The van der Waals surface area contributed by atoms with Gasteiger partial charge in [-0.25, -0.2) is 4.79 Å². The van der Waals surface area contributed by atoms with Gasteiger partial charge in [0.1, 0.15) is 23.2 Å². The van der Waals surface area contributed by atoms with Gasteiger partial charge in [0.2, 0.25) is 11.8 Å². The van der Waals surface area contributed by atoms with Gasteiger partial charge in [0.05, 0.1) is 10.6 Å². The molecular formula is C36H36N4O8S. The Kier molecular flexibility index (Phi) is 12.1. The lowest BCUT2D eigenvalue weighted by atomic mass is 10.0. The van der Waals surface area contributed by atoms with Crippen molar-refractivity contribution in [2.45, 2.75) is 38.8 Å². The standard InChI is InChI=1S/C36H36N4O8S/c1-36(2,3)48-35(44)39-30(20-21-49-4)34(43)38-29-17-12-25(22-28(29)33(42)24-8-6-5-7-9-24)37-32(41)19-16-27-15-18-31(47-27)23-10-13-26(14-11-23)40(45)46/h5-19,22,30H,20-21H2,1-4H3,(H,37,41)(H,38,43)(H,39,44)/b19-16+/t30-/m1/s1. The highest BCUT2D eigenvalue weighted by Gasteiger charge is 2.26. The smallest absolute Gasteiger partial charge is 0.408 e. The summed E-state index contributed by atoms with van der Waals surface area (Å²) in [7, 11) is 0. The number of nitro groups is 1. The highest BCUT2D eigenvalue weighted by molar-refractivity contribution is 7.98. The number of hydrogen-bond donors (Lipinski definition) is 3. The minimum Gasteiger partial charge on any atom is -0.457 e. The number of ether oxygens (including phenoxy) is 1. The Morgan fingerprint density at radius 2 is 1.67 bits per heavy atom. The van der Waals surface area contributed by atoms with Crippen LogP contribution in [-0.2, 0) is 14.3 Å². The van der Waals surface area contributed by atoms with E-state index in [0.717, 1.165) is 0 Å². The molecule has 0 saturated heterocycles. The molecule has 0 aliphatic heterocycles. The van der Waals surface area contributed by atoms with Crippen molar-refractivity contribution >= 4 is 58.6 Å². The van der Waals surface area contributed by atoms with Gasteiger partial charge in [-0.1, -0.05) is 30.3 Å². The summed E-state index contributed by atoms with van der Waals surface area (Å²) in [6.45, 7) is 5.16. The first kappa shape index (κ1) is 36.2. The first-order valence-electron chi connectivity index (χ1n) is 15.2. The molecule has 254 valence electrons. The Hall–Kier alpha value is -5.69. The topological polar surface area (TPSA) is 170 Å². The first-order valence-corrected chi connectivity index (χ1v) is 16.6. The molecule has 13 heteroatoms. The van der Waals surface area contributed by atoms with Crippen molar-refractivity contribution in [2.75, 3.05) is 22.6 Å². The van der Waals surface area contributed by atoms with Crippen LogP contribution in [0, 0.1) is 10.1 Å². The van der Waals surface area contributed by atoms with Crippen molar-refractivity contribution in [3.8, 4) is 11.3 Å². The highest BCUT2D eigenvalue weighted by Crippen LogP contribution is 2.26. The normalized spacial score (nSPS) is 11.8. The number of carbonyl (C=O) groups excluding carboxylic acids is 4. The van der Waals surface area contributed by atoms with Crippen LogP contribution < -0.4 is 16.0 Å². The van der Waals surface area contributed by atoms with E-state index >= 15 is 0 Å². The molecule has 1 atom stereocenters. The summed E-state index contributed by atoms with van der Waals surface area (Å²) >= 11 is 1.51. The van der Waals surface area contributed by atoms with Crippen LogP contribution in [0.15, 0.2) is 95.4 Å².